The first kappa shape index (κ1) is 16.2. The zero-order valence-corrected chi connectivity index (χ0v) is 12.1. The Morgan fingerprint density at radius 3 is 2.55 bits per heavy atom. The van der Waals surface area contributed by atoms with Crippen molar-refractivity contribution in [2.75, 3.05) is 30.7 Å². The van der Waals surface area contributed by atoms with Crippen molar-refractivity contribution in [2.24, 2.45) is 0 Å². The van der Waals surface area contributed by atoms with Crippen molar-refractivity contribution in [1.82, 2.24) is 4.90 Å². The fourth-order valence-electron chi connectivity index (χ4n) is 2.13. The minimum absolute atomic E-state index is 0.0258. The number of aromatic carboxylic acids is 1. The average molecular weight is 283 g/mol. The lowest BCUT2D eigenvalue weighted by molar-refractivity contribution is 0.0698. The number of halogens is 1. The number of nitrogens with zero attached hydrogens (tertiary/aromatic N) is 1. The number of likely N-dealkylation sites (N-methyl/N-ethyl adjacent to an activating group) is 1. The van der Waals surface area contributed by atoms with Crippen molar-refractivity contribution in [3.8, 4) is 0 Å². The van der Waals surface area contributed by atoms with Gasteiger partial charge in [-0.05, 0) is 32.1 Å². The van der Waals surface area contributed by atoms with Gasteiger partial charge in [0.1, 0.15) is 11.4 Å². The van der Waals surface area contributed by atoms with E-state index < -0.39 is 11.8 Å². The number of carboxylic acids is 1. The zero-order chi connectivity index (χ0) is 15.3. The van der Waals surface area contributed by atoms with E-state index in [1.54, 1.807) is 0 Å². The highest BCUT2D eigenvalue weighted by atomic mass is 19.1. The molecule has 112 valence electrons. The number of rotatable bonds is 7. The maximum absolute atomic E-state index is 13.4. The van der Waals surface area contributed by atoms with Gasteiger partial charge in [0, 0.05) is 12.6 Å². The van der Waals surface area contributed by atoms with Gasteiger partial charge >= 0.3 is 5.97 Å². The van der Waals surface area contributed by atoms with Crippen LogP contribution < -0.4 is 11.1 Å². The van der Waals surface area contributed by atoms with Crippen molar-refractivity contribution in [2.45, 2.75) is 26.8 Å². The topological polar surface area (TPSA) is 78.6 Å². The van der Waals surface area contributed by atoms with E-state index in [0.29, 0.717) is 5.69 Å². The van der Waals surface area contributed by atoms with Gasteiger partial charge in [0.05, 0.1) is 11.4 Å². The van der Waals surface area contributed by atoms with Crippen molar-refractivity contribution in [3.63, 3.8) is 0 Å². The number of anilines is 2. The van der Waals surface area contributed by atoms with Crippen LogP contribution in [0.1, 0.15) is 31.1 Å². The maximum atomic E-state index is 13.4. The van der Waals surface area contributed by atoms with Crippen LogP contribution in [0.5, 0.6) is 0 Å². The maximum Gasteiger partial charge on any atom is 0.340 e. The highest BCUT2D eigenvalue weighted by Crippen LogP contribution is 2.25. The van der Waals surface area contributed by atoms with E-state index in [0.717, 1.165) is 19.6 Å². The first-order chi connectivity index (χ1) is 9.40. The number of carboxylic acid groups (broad SMARTS) is 1. The van der Waals surface area contributed by atoms with Crippen LogP contribution in [-0.2, 0) is 0 Å². The predicted octanol–water partition coefficient (Wildman–Crippen LogP) is 2.25. The number of benzene rings is 1. The van der Waals surface area contributed by atoms with Crippen LogP contribution >= 0.6 is 0 Å². The summed E-state index contributed by atoms with van der Waals surface area (Å²) in [6, 6.07) is 2.61. The molecule has 0 amide bonds. The molecule has 1 aromatic rings. The van der Waals surface area contributed by atoms with Crippen LogP contribution in [0.4, 0.5) is 15.8 Å². The predicted molar refractivity (Wildman–Crippen MR) is 78.6 cm³/mol. The fraction of sp³-hybridized carbons (Fsp3) is 0.500. The third-order valence-electron chi connectivity index (χ3n) is 3.23. The average Bonchev–Trinajstić information content (AvgIpc) is 2.40. The highest BCUT2D eigenvalue weighted by molar-refractivity contribution is 6.00. The number of carbonyl (C=O) groups is 1. The molecule has 0 aliphatic rings. The molecule has 1 atom stereocenters. The molecule has 20 heavy (non-hydrogen) atoms. The number of nitrogen functional groups attached to an aromatic ring is 1. The largest absolute Gasteiger partial charge is 0.478 e. The van der Waals surface area contributed by atoms with E-state index in [9.17, 15) is 9.18 Å². The summed E-state index contributed by atoms with van der Waals surface area (Å²) >= 11 is 0. The van der Waals surface area contributed by atoms with E-state index in [2.05, 4.69) is 24.1 Å². The molecule has 0 aliphatic carbocycles. The highest BCUT2D eigenvalue weighted by Gasteiger charge is 2.19. The molecule has 0 saturated carbocycles. The Hall–Kier alpha value is -1.82. The number of nitrogens with two attached hydrogens (primary N) is 1. The van der Waals surface area contributed by atoms with Gasteiger partial charge in [-0.3, -0.25) is 0 Å². The van der Waals surface area contributed by atoms with E-state index in [1.165, 1.54) is 12.1 Å². The molecule has 1 aromatic carbocycles. The summed E-state index contributed by atoms with van der Waals surface area (Å²) in [5.41, 5.74) is 5.30. The van der Waals surface area contributed by atoms with E-state index in [-0.39, 0.29) is 17.3 Å². The molecule has 1 rings (SSSR count). The Morgan fingerprint density at radius 2 is 2.05 bits per heavy atom. The molecule has 0 spiro atoms. The summed E-state index contributed by atoms with van der Waals surface area (Å²) in [4.78, 5) is 13.4. The standard InChI is InChI=1S/C14H22FN3O2/c1-4-18(5-2)8-9(3)17-11-7-6-10(15)13(16)12(11)14(19)20/h6-7,9,17H,4-5,8,16H2,1-3H3,(H,19,20). The normalized spacial score (nSPS) is 12.4. The summed E-state index contributed by atoms with van der Waals surface area (Å²) in [6.07, 6.45) is 0. The lowest BCUT2D eigenvalue weighted by Crippen LogP contribution is -2.35. The molecule has 6 heteroatoms. The molecule has 5 nitrogen and oxygen atoms in total. The van der Waals surface area contributed by atoms with Crippen LogP contribution in [0.15, 0.2) is 12.1 Å². The van der Waals surface area contributed by atoms with Gasteiger partial charge in [0.2, 0.25) is 0 Å². The van der Waals surface area contributed by atoms with Gasteiger partial charge in [0.25, 0.3) is 0 Å². The lowest BCUT2D eigenvalue weighted by Gasteiger charge is -2.25. The molecule has 0 heterocycles. The number of nitrogens with one attached hydrogen (secondary N) is 1. The Kier molecular flexibility index (Phi) is 5.76. The van der Waals surface area contributed by atoms with Gasteiger partial charge < -0.3 is 21.1 Å². The molecule has 0 saturated heterocycles. The smallest absolute Gasteiger partial charge is 0.340 e. The van der Waals surface area contributed by atoms with Crippen LogP contribution in [0.3, 0.4) is 0 Å². The van der Waals surface area contributed by atoms with E-state index in [1.807, 2.05) is 6.92 Å². The second kappa shape index (κ2) is 7.09. The monoisotopic (exact) mass is 283 g/mol. The first-order valence-corrected chi connectivity index (χ1v) is 6.70. The van der Waals surface area contributed by atoms with Gasteiger partial charge in [-0.15, -0.1) is 0 Å². The second-order valence-electron chi connectivity index (χ2n) is 4.72. The van der Waals surface area contributed by atoms with Crippen molar-refractivity contribution in [3.05, 3.63) is 23.5 Å². The molecular weight excluding hydrogens is 261 g/mol. The molecule has 0 fully saturated rings. The minimum Gasteiger partial charge on any atom is -0.478 e. The summed E-state index contributed by atoms with van der Waals surface area (Å²) in [5, 5.41) is 12.3. The molecule has 4 N–H and O–H groups in total. The third kappa shape index (κ3) is 3.84. The molecule has 0 aliphatic heterocycles. The summed E-state index contributed by atoms with van der Waals surface area (Å²) < 4.78 is 13.4. The van der Waals surface area contributed by atoms with E-state index >= 15 is 0 Å². The summed E-state index contributed by atoms with van der Waals surface area (Å²) in [6.45, 7) is 8.68. The molecule has 1 unspecified atom stereocenters. The van der Waals surface area contributed by atoms with Crippen LogP contribution in [0.2, 0.25) is 0 Å². The van der Waals surface area contributed by atoms with Gasteiger partial charge in [-0.2, -0.15) is 0 Å². The Morgan fingerprint density at radius 1 is 1.45 bits per heavy atom. The number of hydrogen-bond acceptors (Lipinski definition) is 4. The lowest BCUT2D eigenvalue weighted by atomic mass is 10.1. The van der Waals surface area contributed by atoms with Crippen LogP contribution in [-0.4, -0.2) is 41.7 Å². The Labute approximate surface area is 118 Å². The van der Waals surface area contributed by atoms with Crippen LogP contribution in [0, 0.1) is 5.82 Å². The number of hydrogen-bond donors (Lipinski definition) is 3. The Bertz CT molecular complexity index is 476. The minimum atomic E-state index is -1.24. The summed E-state index contributed by atoms with van der Waals surface area (Å²) in [7, 11) is 0. The fourth-order valence-corrected chi connectivity index (χ4v) is 2.13. The Balaban J connectivity index is 2.92. The molecule has 0 radical (unpaired) electrons. The quantitative estimate of drug-likeness (QED) is 0.669. The first-order valence-electron chi connectivity index (χ1n) is 6.70. The summed E-state index contributed by atoms with van der Waals surface area (Å²) in [5.74, 6) is -1.95. The van der Waals surface area contributed by atoms with Gasteiger partial charge in [-0.1, -0.05) is 13.8 Å². The third-order valence-corrected chi connectivity index (χ3v) is 3.23. The van der Waals surface area contributed by atoms with Gasteiger partial charge in [-0.25, -0.2) is 9.18 Å². The van der Waals surface area contributed by atoms with Crippen molar-refractivity contribution < 1.29 is 14.3 Å². The van der Waals surface area contributed by atoms with Crippen LogP contribution in [0.25, 0.3) is 0 Å². The van der Waals surface area contributed by atoms with E-state index in [4.69, 9.17) is 10.8 Å². The SMILES string of the molecule is CCN(CC)CC(C)Nc1ccc(F)c(N)c1C(=O)O. The molecular formula is C14H22FN3O2. The molecule has 0 bridgehead atoms. The van der Waals surface area contributed by atoms with Gasteiger partial charge in [0.15, 0.2) is 0 Å². The molecule has 0 aromatic heterocycles. The van der Waals surface area contributed by atoms with Crippen molar-refractivity contribution >= 4 is 17.3 Å². The second-order valence-corrected chi connectivity index (χ2v) is 4.72. The van der Waals surface area contributed by atoms with Crippen molar-refractivity contribution in [1.29, 1.82) is 0 Å². The zero-order valence-electron chi connectivity index (χ0n) is 12.1.